The third-order valence-electron chi connectivity index (χ3n) is 6.10. The molecule has 2 aliphatic heterocycles. The number of benzene rings is 1. The maximum atomic E-state index is 12.4. The molecule has 1 aromatic carbocycles. The molecule has 1 aromatic rings. The largest absolute Gasteiger partial charge is 0.445 e. The van der Waals surface area contributed by atoms with E-state index >= 15 is 0 Å². The van der Waals surface area contributed by atoms with Crippen LogP contribution in [-0.4, -0.2) is 43.1 Å². The van der Waals surface area contributed by atoms with Gasteiger partial charge in [0.15, 0.2) is 6.29 Å². The van der Waals surface area contributed by atoms with Gasteiger partial charge in [-0.05, 0) is 44.1 Å². The Kier molecular flexibility index (Phi) is 10.9. The molecule has 2 heterocycles. The van der Waals surface area contributed by atoms with Gasteiger partial charge < -0.3 is 19.1 Å². The van der Waals surface area contributed by atoms with Crippen molar-refractivity contribution in [2.24, 2.45) is 0 Å². The highest BCUT2D eigenvalue weighted by atomic mass is 16.7. The van der Waals surface area contributed by atoms with Gasteiger partial charge in [-0.1, -0.05) is 74.6 Å². The van der Waals surface area contributed by atoms with Gasteiger partial charge in [0.2, 0.25) is 0 Å². The zero-order chi connectivity index (χ0) is 21.6. The van der Waals surface area contributed by atoms with Gasteiger partial charge in [0, 0.05) is 6.54 Å². The lowest BCUT2D eigenvalue weighted by Gasteiger charge is -2.21. The molecule has 31 heavy (non-hydrogen) atoms. The standard InChI is InChI=1S/C26H39NO4/c28-26(31-22-23-14-9-8-10-15-23)27-19-13-17-24(27)16-11-6-4-2-1-3-5-7-12-18-25-29-20-21-30-25/h8-11,14-16,24-25H,1-7,12-13,17-22H2/b16-11+/t24-/m1/s1. The minimum absolute atomic E-state index is 0.0632. The summed E-state index contributed by atoms with van der Waals surface area (Å²) in [4.78, 5) is 14.3. The molecule has 3 rings (SSSR count). The van der Waals surface area contributed by atoms with Crippen molar-refractivity contribution in [3.63, 3.8) is 0 Å². The van der Waals surface area contributed by atoms with E-state index in [0.717, 1.165) is 51.0 Å². The fourth-order valence-electron chi connectivity index (χ4n) is 4.31. The first-order valence-electron chi connectivity index (χ1n) is 12.2. The van der Waals surface area contributed by atoms with E-state index in [0.29, 0.717) is 6.61 Å². The molecule has 5 heteroatoms. The van der Waals surface area contributed by atoms with Gasteiger partial charge in [-0.3, -0.25) is 0 Å². The molecule has 1 atom stereocenters. The molecule has 0 bridgehead atoms. The quantitative estimate of drug-likeness (QED) is 0.276. The summed E-state index contributed by atoms with van der Waals surface area (Å²) < 4.78 is 16.4. The highest BCUT2D eigenvalue weighted by Crippen LogP contribution is 2.20. The summed E-state index contributed by atoms with van der Waals surface area (Å²) in [5.74, 6) is 0. The lowest BCUT2D eigenvalue weighted by Crippen LogP contribution is -2.34. The van der Waals surface area contributed by atoms with Crippen LogP contribution in [0, 0.1) is 0 Å². The second kappa shape index (κ2) is 14.3. The zero-order valence-electron chi connectivity index (χ0n) is 18.9. The molecular weight excluding hydrogens is 390 g/mol. The Hall–Kier alpha value is -1.85. The van der Waals surface area contributed by atoms with Crippen molar-refractivity contribution in [1.29, 1.82) is 0 Å². The van der Waals surface area contributed by atoms with E-state index < -0.39 is 0 Å². The van der Waals surface area contributed by atoms with Crippen molar-refractivity contribution < 1.29 is 19.0 Å². The fourth-order valence-corrected chi connectivity index (χ4v) is 4.31. The van der Waals surface area contributed by atoms with Gasteiger partial charge >= 0.3 is 6.09 Å². The van der Waals surface area contributed by atoms with Crippen LogP contribution >= 0.6 is 0 Å². The number of hydrogen-bond donors (Lipinski definition) is 0. The summed E-state index contributed by atoms with van der Waals surface area (Å²) in [5, 5.41) is 0. The van der Waals surface area contributed by atoms with Gasteiger partial charge in [0.1, 0.15) is 6.61 Å². The normalized spacial score (nSPS) is 19.5. The lowest BCUT2D eigenvalue weighted by atomic mass is 10.1. The van der Waals surface area contributed by atoms with Crippen LogP contribution in [-0.2, 0) is 20.8 Å². The number of nitrogens with zero attached hydrogens (tertiary/aromatic N) is 1. The number of likely N-dealkylation sites (tertiary alicyclic amines) is 1. The Bertz CT molecular complexity index is 642. The summed E-state index contributed by atoms with van der Waals surface area (Å²) >= 11 is 0. The van der Waals surface area contributed by atoms with E-state index in [-0.39, 0.29) is 18.4 Å². The van der Waals surface area contributed by atoms with Crippen molar-refractivity contribution >= 4 is 6.09 Å². The topological polar surface area (TPSA) is 48.0 Å². The van der Waals surface area contributed by atoms with Crippen LogP contribution in [0.5, 0.6) is 0 Å². The zero-order valence-corrected chi connectivity index (χ0v) is 18.9. The summed E-state index contributed by atoms with van der Waals surface area (Å²) in [7, 11) is 0. The van der Waals surface area contributed by atoms with Gasteiger partial charge in [-0.25, -0.2) is 4.79 Å². The maximum Gasteiger partial charge on any atom is 0.410 e. The van der Waals surface area contributed by atoms with Crippen molar-refractivity contribution in [3.05, 3.63) is 48.0 Å². The minimum atomic E-state index is -0.193. The van der Waals surface area contributed by atoms with Crippen LogP contribution in [0.3, 0.4) is 0 Å². The molecule has 0 spiro atoms. The Morgan fingerprint density at radius 2 is 1.71 bits per heavy atom. The Morgan fingerprint density at radius 1 is 1.00 bits per heavy atom. The minimum Gasteiger partial charge on any atom is -0.445 e. The number of rotatable bonds is 13. The predicted octanol–water partition coefficient (Wildman–Crippen LogP) is 6.23. The highest BCUT2D eigenvalue weighted by molar-refractivity contribution is 5.68. The SMILES string of the molecule is O=C(OCc1ccccc1)N1CCC[C@H]1/C=C/CCCCCCCCCC1OCCO1. The van der Waals surface area contributed by atoms with E-state index in [4.69, 9.17) is 14.2 Å². The smallest absolute Gasteiger partial charge is 0.410 e. The van der Waals surface area contributed by atoms with Gasteiger partial charge in [0.25, 0.3) is 0 Å². The molecule has 0 N–H and O–H groups in total. The first kappa shape index (κ1) is 23.8. The van der Waals surface area contributed by atoms with E-state index in [9.17, 15) is 4.79 Å². The van der Waals surface area contributed by atoms with Crippen LogP contribution in [0.1, 0.15) is 76.2 Å². The number of ether oxygens (including phenoxy) is 3. The van der Waals surface area contributed by atoms with E-state index in [1.165, 1.54) is 44.9 Å². The van der Waals surface area contributed by atoms with E-state index in [2.05, 4.69) is 12.2 Å². The lowest BCUT2D eigenvalue weighted by molar-refractivity contribution is -0.0480. The first-order chi connectivity index (χ1) is 15.3. The predicted molar refractivity (Wildman–Crippen MR) is 123 cm³/mol. The van der Waals surface area contributed by atoms with Gasteiger partial charge in [-0.15, -0.1) is 0 Å². The van der Waals surface area contributed by atoms with Crippen molar-refractivity contribution in [3.8, 4) is 0 Å². The molecule has 2 aliphatic rings. The molecule has 0 aromatic heterocycles. The van der Waals surface area contributed by atoms with E-state index in [1.54, 1.807) is 0 Å². The molecule has 2 saturated heterocycles. The second-order valence-corrected chi connectivity index (χ2v) is 8.59. The molecule has 172 valence electrons. The second-order valence-electron chi connectivity index (χ2n) is 8.59. The molecule has 0 radical (unpaired) electrons. The third kappa shape index (κ3) is 9.04. The summed E-state index contributed by atoms with van der Waals surface area (Å²) in [6, 6.07) is 10.1. The molecule has 0 unspecified atom stereocenters. The van der Waals surface area contributed by atoms with Crippen LogP contribution in [0.4, 0.5) is 4.79 Å². The molecular formula is C26H39NO4. The maximum absolute atomic E-state index is 12.4. The van der Waals surface area contributed by atoms with Crippen LogP contribution in [0.15, 0.2) is 42.5 Å². The molecule has 2 fully saturated rings. The number of allylic oxidation sites excluding steroid dienone is 1. The Morgan fingerprint density at radius 3 is 2.48 bits per heavy atom. The van der Waals surface area contributed by atoms with Crippen LogP contribution in [0.2, 0.25) is 0 Å². The van der Waals surface area contributed by atoms with Gasteiger partial charge in [-0.2, -0.15) is 0 Å². The highest BCUT2D eigenvalue weighted by Gasteiger charge is 2.27. The Balaban J connectivity index is 1.19. The van der Waals surface area contributed by atoms with Crippen LogP contribution < -0.4 is 0 Å². The number of unbranched alkanes of at least 4 members (excludes halogenated alkanes) is 7. The first-order valence-corrected chi connectivity index (χ1v) is 12.2. The summed E-state index contributed by atoms with van der Waals surface area (Å²) in [6.07, 6.45) is 17.5. The Labute approximate surface area is 187 Å². The number of carbonyl (C=O) groups is 1. The van der Waals surface area contributed by atoms with Crippen LogP contribution in [0.25, 0.3) is 0 Å². The number of carbonyl (C=O) groups excluding carboxylic acids is 1. The molecule has 1 amide bonds. The van der Waals surface area contributed by atoms with Crippen molar-refractivity contribution in [1.82, 2.24) is 4.90 Å². The molecule has 0 aliphatic carbocycles. The number of amides is 1. The fraction of sp³-hybridized carbons (Fsp3) is 0.654. The summed E-state index contributed by atoms with van der Waals surface area (Å²) in [6.45, 7) is 2.66. The third-order valence-corrected chi connectivity index (χ3v) is 6.10. The van der Waals surface area contributed by atoms with E-state index in [1.807, 2.05) is 35.2 Å². The van der Waals surface area contributed by atoms with Gasteiger partial charge in [0.05, 0.1) is 19.3 Å². The molecule has 0 saturated carbocycles. The summed E-state index contributed by atoms with van der Waals surface area (Å²) in [5.41, 5.74) is 1.03. The van der Waals surface area contributed by atoms with Crippen molar-refractivity contribution in [2.45, 2.75) is 89.6 Å². The average molecular weight is 430 g/mol. The average Bonchev–Trinajstić information content (AvgIpc) is 3.49. The molecule has 5 nitrogen and oxygen atoms in total. The van der Waals surface area contributed by atoms with Crippen molar-refractivity contribution in [2.75, 3.05) is 19.8 Å². The monoisotopic (exact) mass is 429 g/mol. The number of hydrogen-bond acceptors (Lipinski definition) is 4.